The highest BCUT2D eigenvalue weighted by atomic mass is 16.5. The Balaban J connectivity index is 1.54. The third-order valence-electron chi connectivity index (χ3n) is 5.54. The molecule has 0 bridgehead atoms. The highest BCUT2D eigenvalue weighted by Crippen LogP contribution is 2.36. The van der Waals surface area contributed by atoms with Gasteiger partial charge in [0.25, 0.3) is 5.91 Å². The molecule has 1 saturated carbocycles. The first-order valence-electron chi connectivity index (χ1n) is 9.84. The summed E-state index contributed by atoms with van der Waals surface area (Å²) < 4.78 is 5.07. The van der Waals surface area contributed by atoms with E-state index < -0.39 is 0 Å². The summed E-state index contributed by atoms with van der Waals surface area (Å²) in [5.74, 6) is 1.18. The standard InChI is InChI=1S/C21H28N4O3/c1-13-19(14(2)28-25-13)21(27)23-12-16-7-9-17(10-8-16)20(24-15(3)26)18-6-4-5-11-22-18/h4-6,11,16-17,20H,7-10,12H2,1-3H3,(H,23,27)(H,24,26). The SMILES string of the molecule is CC(=O)NC(c1ccccn1)C1CCC(CNC(=O)c2c(C)noc2C)CC1. The number of amides is 2. The van der Waals surface area contributed by atoms with Gasteiger partial charge < -0.3 is 15.2 Å². The van der Waals surface area contributed by atoms with E-state index in [1.165, 1.54) is 0 Å². The normalized spacial score (nSPS) is 20.4. The van der Waals surface area contributed by atoms with Crippen molar-refractivity contribution in [3.05, 3.63) is 47.1 Å². The van der Waals surface area contributed by atoms with Gasteiger partial charge in [-0.3, -0.25) is 14.6 Å². The van der Waals surface area contributed by atoms with Gasteiger partial charge in [0.2, 0.25) is 5.91 Å². The van der Waals surface area contributed by atoms with Crippen LogP contribution < -0.4 is 10.6 Å². The highest BCUT2D eigenvalue weighted by Gasteiger charge is 2.30. The average molecular weight is 384 g/mol. The van der Waals surface area contributed by atoms with Crippen LogP contribution >= 0.6 is 0 Å². The summed E-state index contributed by atoms with van der Waals surface area (Å²) in [6.07, 6.45) is 5.77. The first-order valence-corrected chi connectivity index (χ1v) is 9.84. The molecule has 0 aliphatic heterocycles. The Morgan fingerprint density at radius 3 is 2.54 bits per heavy atom. The van der Waals surface area contributed by atoms with Crippen LogP contribution in [-0.4, -0.2) is 28.5 Å². The highest BCUT2D eigenvalue weighted by molar-refractivity contribution is 5.96. The van der Waals surface area contributed by atoms with Crippen molar-refractivity contribution in [2.75, 3.05) is 6.54 Å². The molecule has 1 aliphatic rings. The largest absolute Gasteiger partial charge is 0.361 e. The fraction of sp³-hybridized carbons (Fsp3) is 0.524. The molecular weight excluding hydrogens is 356 g/mol. The number of rotatable bonds is 6. The number of nitrogens with zero attached hydrogens (tertiary/aromatic N) is 2. The minimum Gasteiger partial charge on any atom is -0.361 e. The number of carbonyl (C=O) groups excluding carboxylic acids is 2. The van der Waals surface area contributed by atoms with Gasteiger partial charge in [0.05, 0.1) is 17.4 Å². The second kappa shape index (κ2) is 8.99. The Kier molecular flexibility index (Phi) is 6.44. The Bertz CT molecular complexity index is 791. The van der Waals surface area contributed by atoms with E-state index >= 15 is 0 Å². The molecule has 2 amide bonds. The van der Waals surface area contributed by atoms with Gasteiger partial charge in [-0.1, -0.05) is 11.2 Å². The fourth-order valence-electron chi connectivity index (χ4n) is 4.07. The van der Waals surface area contributed by atoms with Gasteiger partial charge in [0.15, 0.2) is 0 Å². The van der Waals surface area contributed by atoms with Gasteiger partial charge in [-0.05, 0) is 63.5 Å². The minimum absolute atomic E-state index is 0.0375. The summed E-state index contributed by atoms with van der Waals surface area (Å²) >= 11 is 0. The van der Waals surface area contributed by atoms with Crippen LogP contribution in [0.2, 0.25) is 0 Å². The van der Waals surface area contributed by atoms with Crippen molar-refractivity contribution in [1.29, 1.82) is 0 Å². The van der Waals surface area contributed by atoms with Crippen molar-refractivity contribution in [3.63, 3.8) is 0 Å². The van der Waals surface area contributed by atoms with Gasteiger partial charge >= 0.3 is 0 Å². The maximum Gasteiger partial charge on any atom is 0.256 e. The average Bonchev–Trinajstić information content (AvgIpc) is 3.03. The van der Waals surface area contributed by atoms with Crippen LogP contribution in [0.4, 0.5) is 0 Å². The van der Waals surface area contributed by atoms with E-state index in [0.29, 0.717) is 35.4 Å². The van der Waals surface area contributed by atoms with Crippen molar-refractivity contribution in [3.8, 4) is 0 Å². The first kappa shape index (κ1) is 20.0. The van der Waals surface area contributed by atoms with E-state index in [1.54, 1.807) is 27.0 Å². The number of carbonyl (C=O) groups is 2. The monoisotopic (exact) mass is 384 g/mol. The van der Waals surface area contributed by atoms with Crippen LogP contribution in [0.5, 0.6) is 0 Å². The molecule has 0 saturated heterocycles. The molecule has 0 spiro atoms. The van der Waals surface area contributed by atoms with Crippen LogP contribution in [-0.2, 0) is 4.79 Å². The number of aryl methyl sites for hydroxylation is 2. The molecule has 7 heteroatoms. The molecule has 0 radical (unpaired) electrons. The number of pyridine rings is 1. The third kappa shape index (κ3) is 4.77. The maximum absolute atomic E-state index is 12.4. The lowest BCUT2D eigenvalue weighted by Gasteiger charge is -2.34. The second-order valence-electron chi connectivity index (χ2n) is 7.62. The molecule has 150 valence electrons. The Morgan fingerprint density at radius 1 is 1.21 bits per heavy atom. The quantitative estimate of drug-likeness (QED) is 0.798. The second-order valence-corrected chi connectivity index (χ2v) is 7.62. The molecule has 1 atom stereocenters. The molecule has 2 heterocycles. The van der Waals surface area contributed by atoms with E-state index in [2.05, 4.69) is 20.8 Å². The van der Waals surface area contributed by atoms with Gasteiger partial charge in [-0.2, -0.15) is 0 Å². The molecule has 1 fully saturated rings. The summed E-state index contributed by atoms with van der Waals surface area (Å²) in [5, 5.41) is 9.93. The van der Waals surface area contributed by atoms with E-state index in [4.69, 9.17) is 4.52 Å². The third-order valence-corrected chi connectivity index (χ3v) is 5.54. The molecule has 3 rings (SSSR count). The van der Waals surface area contributed by atoms with E-state index in [9.17, 15) is 9.59 Å². The summed E-state index contributed by atoms with van der Waals surface area (Å²) in [6.45, 7) is 5.71. The van der Waals surface area contributed by atoms with E-state index in [0.717, 1.165) is 31.4 Å². The van der Waals surface area contributed by atoms with Gasteiger partial charge in [-0.25, -0.2) is 0 Å². The Morgan fingerprint density at radius 2 is 1.96 bits per heavy atom. The number of aromatic nitrogens is 2. The lowest BCUT2D eigenvalue weighted by atomic mass is 9.77. The topological polar surface area (TPSA) is 97.1 Å². The zero-order valence-corrected chi connectivity index (χ0v) is 16.7. The molecule has 7 nitrogen and oxygen atoms in total. The van der Waals surface area contributed by atoms with Gasteiger partial charge in [0, 0.05) is 19.7 Å². The predicted octanol–water partition coefficient (Wildman–Crippen LogP) is 3.10. The van der Waals surface area contributed by atoms with Crippen molar-refractivity contribution >= 4 is 11.8 Å². The fourth-order valence-corrected chi connectivity index (χ4v) is 4.07. The molecular formula is C21H28N4O3. The molecule has 2 aromatic rings. The molecule has 1 aliphatic carbocycles. The number of nitrogens with one attached hydrogen (secondary N) is 2. The van der Waals surface area contributed by atoms with Gasteiger partial charge in [-0.15, -0.1) is 0 Å². The summed E-state index contributed by atoms with van der Waals surface area (Å²) in [7, 11) is 0. The predicted molar refractivity (Wildman–Crippen MR) is 105 cm³/mol. The smallest absolute Gasteiger partial charge is 0.256 e. The molecule has 1 unspecified atom stereocenters. The number of hydrogen-bond acceptors (Lipinski definition) is 5. The van der Waals surface area contributed by atoms with Crippen LogP contribution in [0, 0.1) is 25.7 Å². The van der Waals surface area contributed by atoms with Crippen molar-refractivity contribution in [2.24, 2.45) is 11.8 Å². The van der Waals surface area contributed by atoms with Gasteiger partial charge in [0.1, 0.15) is 11.3 Å². The molecule has 0 aromatic carbocycles. The van der Waals surface area contributed by atoms with Crippen LogP contribution in [0.15, 0.2) is 28.9 Å². The van der Waals surface area contributed by atoms with Crippen molar-refractivity contribution in [1.82, 2.24) is 20.8 Å². The summed E-state index contributed by atoms with van der Waals surface area (Å²) in [6, 6.07) is 5.74. The zero-order chi connectivity index (χ0) is 20.1. The first-order chi connectivity index (χ1) is 13.5. The van der Waals surface area contributed by atoms with E-state index in [1.807, 2.05) is 18.2 Å². The minimum atomic E-state index is -0.122. The molecule has 2 N–H and O–H groups in total. The Hall–Kier alpha value is -2.70. The lowest BCUT2D eigenvalue weighted by molar-refractivity contribution is -0.120. The molecule has 28 heavy (non-hydrogen) atoms. The molecule has 2 aromatic heterocycles. The van der Waals surface area contributed by atoms with Crippen LogP contribution in [0.1, 0.15) is 66.2 Å². The number of hydrogen-bond donors (Lipinski definition) is 2. The summed E-state index contributed by atoms with van der Waals surface area (Å²) in [5.41, 5.74) is 2.06. The Labute approximate surface area is 165 Å². The van der Waals surface area contributed by atoms with Crippen LogP contribution in [0.3, 0.4) is 0 Å². The zero-order valence-electron chi connectivity index (χ0n) is 16.7. The summed E-state index contributed by atoms with van der Waals surface area (Å²) in [4.78, 5) is 28.5. The lowest BCUT2D eigenvalue weighted by Crippen LogP contribution is -2.36. The van der Waals surface area contributed by atoms with E-state index in [-0.39, 0.29) is 17.9 Å². The van der Waals surface area contributed by atoms with Crippen LogP contribution in [0.25, 0.3) is 0 Å². The maximum atomic E-state index is 12.4. The van der Waals surface area contributed by atoms with Crippen molar-refractivity contribution in [2.45, 2.75) is 52.5 Å². The van der Waals surface area contributed by atoms with Crippen molar-refractivity contribution < 1.29 is 14.1 Å².